The Hall–Kier alpha value is -2.60. The minimum atomic E-state index is -3.61. The fraction of sp³-hybridized carbons (Fsp3) is 0.391. The van der Waals surface area contributed by atoms with Crippen molar-refractivity contribution in [1.82, 2.24) is 13.9 Å². The largest absolute Gasteiger partial charge is 0.486 e. The van der Waals surface area contributed by atoms with Crippen molar-refractivity contribution in [2.45, 2.75) is 23.5 Å². The lowest BCUT2D eigenvalue weighted by atomic mass is 10.1. The fourth-order valence-electron chi connectivity index (χ4n) is 4.03. The van der Waals surface area contributed by atoms with Crippen LogP contribution in [-0.2, 0) is 21.3 Å². The van der Waals surface area contributed by atoms with Crippen molar-refractivity contribution in [3.8, 4) is 11.5 Å². The molecule has 11 heteroatoms. The number of carbonyl (C=O) groups excluding carboxylic acids is 1. The highest BCUT2D eigenvalue weighted by atomic mass is 32.2. The first-order valence-corrected chi connectivity index (χ1v) is 13.5. The monoisotopic (exact) mass is 503 g/mol. The average Bonchev–Trinajstić information content (AvgIpc) is 3.24. The number of carbonyl (C=O) groups is 1. The lowest BCUT2D eigenvalue weighted by Gasteiger charge is -2.26. The first-order valence-electron chi connectivity index (χ1n) is 11.1. The predicted octanol–water partition coefficient (Wildman–Crippen LogP) is 2.82. The summed E-state index contributed by atoms with van der Waals surface area (Å²) in [7, 11) is -3.61. The highest BCUT2D eigenvalue weighted by molar-refractivity contribution is 7.99. The number of thioether (sulfide) groups is 1. The Morgan fingerprint density at radius 1 is 1.03 bits per heavy atom. The molecule has 0 N–H and O–H groups in total. The van der Waals surface area contributed by atoms with E-state index in [0.717, 1.165) is 5.52 Å². The van der Waals surface area contributed by atoms with Crippen LogP contribution in [0.2, 0.25) is 0 Å². The summed E-state index contributed by atoms with van der Waals surface area (Å²) in [4.78, 5) is 17.7. The average molecular weight is 504 g/mol. The van der Waals surface area contributed by atoms with Crippen LogP contribution in [-0.4, -0.2) is 73.3 Å². The SMILES string of the molecule is CCn1c(SCC(=O)c2ccc3c(c2)OCCO3)nc2cc(S(=O)(=O)N3CCOCC3)ccc21. The maximum Gasteiger partial charge on any atom is 0.243 e. The molecule has 2 aromatic carbocycles. The van der Waals surface area contributed by atoms with Crippen molar-refractivity contribution in [3.63, 3.8) is 0 Å². The van der Waals surface area contributed by atoms with E-state index in [2.05, 4.69) is 4.98 Å². The number of imidazole rings is 1. The van der Waals surface area contributed by atoms with Crippen molar-refractivity contribution >= 4 is 38.6 Å². The number of rotatable bonds is 7. The molecule has 2 aliphatic heterocycles. The minimum absolute atomic E-state index is 0.0488. The van der Waals surface area contributed by atoms with Gasteiger partial charge in [-0.1, -0.05) is 11.8 Å². The number of hydrogen-bond donors (Lipinski definition) is 0. The second-order valence-corrected chi connectivity index (χ2v) is 10.8. The number of hydrogen-bond acceptors (Lipinski definition) is 8. The number of sulfonamides is 1. The van der Waals surface area contributed by atoms with Crippen LogP contribution < -0.4 is 9.47 Å². The Balaban J connectivity index is 1.36. The van der Waals surface area contributed by atoms with Gasteiger partial charge < -0.3 is 18.8 Å². The van der Waals surface area contributed by atoms with E-state index in [4.69, 9.17) is 14.2 Å². The number of nitrogens with zero attached hydrogens (tertiary/aromatic N) is 3. The molecule has 0 aliphatic carbocycles. The van der Waals surface area contributed by atoms with E-state index in [0.29, 0.717) is 73.8 Å². The van der Waals surface area contributed by atoms with Crippen molar-refractivity contribution in [3.05, 3.63) is 42.0 Å². The molecule has 5 rings (SSSR count). The Morgan fingerprint density at radius 3 is 2.56 bits per heavy atom. The number of ether oxygens (including phenoxy) is 3. The highest BCUT2D eigenvalue weighted by Crippen LogP contribution is 2.32. The van der Waals surface area contributed by atoms with Crippen molar-refractivity contribution in [2.75, 3.05) is 45.3 Å². The maximum absolute atomic E-state index is 13.0. The molecule has 0 saturated carbocycles. The molecule has 9 nitrogen and oxygen atoms in total. The summed E-state index contributed by atoms with van der Waals surface area (Å²) in [6.07, 6.45) is 0. The van der Waals surface area contributed by atoms with Crippen LogP contribution in [0.3, 0.4) is 0 Å². The molecule has 1 saturated heterocycles. The van der Waals surface area contributed by atoms with Gasteiger partial charge >= 0.3 is 0 Å². The third-order valence-electron chi connectivity index (χ3n) is 5.81. The minimum Gasteiger partial charge on any atom is -0.486 e. The zero-order chi connectivity index (χ0) is 23.7. The third kappa shape index (κ3) is 4.40. The fourth-order valence-corrected chi connectivity index (χ4v) is 6.43. The van der Waals surface area contributed by atoms with Gasteiger partial charge in [0.05, 0.1) is 34.9 Å². The van der Waals surface area contributed by atoms with Crippen LogP contribution in [0.25, 0.3) is 11.0 Å². The summed E-state index contributed by atoms with van der Waals surface area (Å²) in [6.45, 7) is 5.06. The Morgan fingerprint density at radius 2 is 1.79 bits per heavy atom. The molecular weight excluding hydrogens is 478 g/mol. The first kappa shape index (κ1) is 23.2. The smallest absolute Gasteiger partial charge is 0.243 e. The van der Waals surface area contributed by atoms with Crippen LogP contribution >= 0.6 is 11.8 Å². The number of benzene rings is 2. The predicted molar refractivity (Wildman–Crippen MR) is 127 cm³/mol. The van der Waals surface area contributed by atoms with Gasteiger partial charge in [0.1, 0.15) is 13.2 Å². The van der Waals surface area contributed by atoms with Crippen molar-refractivity contribution < 1.29 is 27.4 Å². The van der Waals surface area contributed by atoms with Crippen LogP contribution in [0.15, 0.2) is 46.5 Å². The number of aromatic nitrogens is 2. The molecule has 0 amide bonds. The van der Waals surface area contributed by atoms with E-state index in [-0.39, 0.29) is 16.4 Å². The molecule has 1 aromatic heterocycles. The molecule has 2 aliphatic rings. The summed E-state index contributed by atoms with van der Waals surface area (Å²) < 4.78 is 45.9. The first-order chi connectivity index (χ1) is 16.5. The van der Waals surface area contributed by atoms with Crippen LogP contribution in [0.4, 0.5) is 0 Å². The number of morpholine rings is 1. The summed E-state index contributed by atoms with van der Waals surface area (Å²) in [5.74, 6) is 1.37. The standard InChI is InChI=1S/C23H25N3O6S2/c1-2-26-19-5-4-17(34(28,29)25-7-9-30-10-8-25)14-18(19)24-23(26)33-15-20(27)16-3-6-21-22(13-16)32-12-11-31-21/h3-6,13-14H,2,7-12,15H2,1H3. The van der Waals surface area contributed by atoms with Gasteiger partial charge in [-0.3, -0.25) is 4.79 Å². The van der Waals surface area contributed by atoms with Gasteiger partial charge in [0, 0.05) is 25.2 Å². The Bertz CT molecular complexity index is 1330. The van der Waals surface area contributed by atoms with Gasteiger partial charge in [-0.25, -0.2) is 13.4 Å². The van der Waals surface area contributed by atoms with E-state index >= 15 is 0 Å². The Kier molecular flexibility index (Phi) is 6.52. The summed E-state index contributed by atoms with van der Waals surface area (Å²) in [5, 5.41) is 0.671. The second-order valence-electron chi connectivity index (χ2n) is 7.88. The number of ketones is 1. The number of aryl methyl sites for hydroxylation is 1. The second kappa shape index (κ2) is 9.57. The quantitative estimate of drug-likeness (QED) is 0.359. The Labute approximate surface area is 202 Å². The molecule has 3 aromatic rings. The van der Waals surface area contributed by atoms with Gasteiger partial charge in [0.15, 0.2) is 22.4 Å². The van der Waals surface area contributed by atoms with Gasteiger partial charge in [-0.05, 0) is 43.3 Å². The molecule has 34 heavy (non-hydrogen) atoms. The highest BCUT2D eigenvalue weighted by Gasteiger charge is 2.27. The number of Topliss-reactive ketones (excluding diaryl/α,β-unsaturated/α-hetero) is 1. The molecule has 0 atom stereocenters. The van der Waals surface area contributed by atoms with Crippen LogP contribution in [0.1, 0.15) is 17.3 Å². The lowest BCUT2D eigenvalue weighted by molar-refractivity contribution is 0.0730. The molecule has 0 radical (unpaired) electrons. The lowest BCUT2D eigenvalue weighted by Crippen LogP contribution is -2.40. The molecule has 0 unspecified atom stereocenters. The molecule has 0 bridgehead atoms. The van der Waals surface area contributed by atoms with E-state index in [1.807, 2.05) is 11.5 Å². The summed E-state index contributed by atoms with van der Waals surface area (Å²) >= 11 is 1.33. The van der Waals surface area contributed by atoms with Crippen molar-refractivity contribution in [1.29, 1.82) is 0 Å². The van der Waals surface area contributed by atoms with E-state index in [1.54, 1.807) is 36.4 Å². The number of fused-ring (bicyclic) bond motifs is 2. The summed E-state index contributed by atoms with van der Waals surface area (Å²) in [6, 6.07) is 10.2. The van der Waals surface area contributed by atoms with Crippen LogP contribution in [0.5, 0.6) is 11.5 Å². The maximum atomic E-state index is 13.0. The van der Waals surface area contributed by atoms with E-state index < -0.39 is 10.0 Å². The zero-order valence-corrected chi connectivity index (χ0v) is 20.4. The molecule has 3 heterocycles. The van der Waals surface area contributed by atoms with Gasteiger partial charge in [0.2, 0.25) is 10.0 Å². The third-order valence-corrected chi connectivity index (χ3v) is 8.68. The van der Waals surface area contributed by atoms with Gasteiger partial charge in [-0.2, -0.15) is 4.31 Å². The van der Waals surface area contributed by atoms with Gasteiger partial charge in [0.25, 0.3) is 0 Å². The van der Waals surface area contributed by atoms with E-state index in [9.17, 15) is 13.2 Å². The van der Waals surface area contributed by atoms with Gasteiger partial charge in [-0.15, -0.1) is 0 Å². The molecule has 180 valence electrons. The molecule has 0 spiro atoms. The van der Waals surface area contributed by atoms with Crippen LogP contribution in [0, 0.1) is 0 Å². The zero-order valence-electron chi connectivity index (χ0n) is 18.7. The molecule has 1 fully saturated rings. The topological polar surface area (TPSA) is 100.0 Å². The van der Waals surface area contributed by atoms with E-state index in [1.165, 1.54) is 16.1 Å². The normalized spacial score (nSPS) is 16.6. The molecular formula is C23H25N3O6S2. The van der Waals surface area contributed by atoms with Crippen molar-refractivity contribution in [2.24, 2.45) is 0 Å². The summed E-state index contributed by atoms with van der Waals surface area (Å²) in [5.41, 5.74) is 1.97.